The van der Waals surface area contributed by atoms with Crippen LogP contribution in [0.5, 0.6) is 0 Å². The number of hydrogen-bond acceptors (Lipinski definition) is 1. The molecule has 1 atom stereocenters. The van der Waals surface area contributed by atoms with Crippen molar-refractivity contribution in [2.75, 3.05) is 13.1 Å². The number of para-hydroxylation sites is 1. The van der Waals surface area contributed by atoms with Gasteiger partial charge in [0, 0.05) is 24.8 Å². The zero-order valence-electron chi connectivity index (χ0n) is 14.5. The third kappa shape index (κ3) is 3.32. The van der Waals surface area contributed by atoms with Crippen molar-refractivity contribution in [3.63, 3.8) is 0 Å². The average molecular weight is 332 g/mol. The number of fused-ring (bicyclic) bond motifs is 1. The summed E-state index contributed by atoms with van der Waals surface area (Å²) in [6.45, 7) is 1.81. The molecule has 2 heterocycles. The minimum absolute atomic E-state index is 0.127. The highest BCUT2D eigenvalue weighted by Gasteiger charge is 2.28. The van der Waals surface area contributed by atoms with E-state index in [-0.39, 0.29) is 11.9 Å². The van der Waals surface area contributed by atoms with Crippen molar-refractivity contribution in [3.05, 3.63) is 72.4 Å². The van der Waals surface area contributed by atoms with Gasteiger partial charge in [-0.25, -0.2) is 0 Å². The predicted octanol–water partition coefficient (Wildman–Crippen LogP) is 4.44. The van der Waals surface area contributed by atoms with Crippen LogP contribution in [-0.2, 0) is 11.2 Å². The van der Waals surface area contributed by atoms with E-state index in [1.807, 2.05) is 23.1 Å². The molecule has 1 aliphatic rings. The molecule has 1 aromatic heterocycles. The molecule has 3 heteroatoms. The molecular formula is C22H24N2O. The Morgan fingerprint density at radius 3 is 2.44 bits per heavy atom. The predicted molar refractivity (Wildman–Crippen MR) is 102 cm³/mol. The van der Waals surface area contributed by atoms with E-state index in [2.05, 4.69) is 53.2 Å². The van der Waals surface area contributed by atoms with E-state index in [0.29, 0.717) is 0 Å². The second-order valence-electron chi connectivity index (χ2n) is 6.85. The standard InChI is InChI=1S/C22H24N2O/c25-22(23-15-6-7-16-23)21(13-12-18-8-2-1-3-9-18)24-17-14-19-10-4-5-11-20(19)24/h1-5,8-11,14,17,21H,6-7,12-13,15-16H2. The summed E-state index contributed by atoms with van der Waals surface area (Å²) in [5.74, 6) is 0.273. The Balaban J connectivity index is 1.64. The fourth-order valence-corrected chi connectivity index (χ4v) is 3.85. The number of hydrogen-bond donors (Lipinski definition) is 0. The second-order valence-corrected chi connectivity index (χ2v) is 6.85. The molecule has 1 aliphatic heterocycles. The maximum Gasteiger partial charge on any atom is 0.245 e. The Bertz CT molecular complexity index is 847. The van der Waals surface area contributed by atoms with Gasteiger partial charge in [0.25, 0.3) is 0 Å². The largest absolute Gasteiger partial charge is 0.341 e. The summed E-state index contributed by atoms with van der Waals surface area (Å²) in [5.41, 5.74) is 2.44. The lowest BCUT2D eigenvalue weighted by molar-refractivity contribution is -0.133. The first-order valence-corrected chi connectivity index (χ1v) is 9.21. The van der Waals surface area contributed by atoms with Crippen molar-refractivity contribution in [3.8, 4) is 0 Å². The van der Waals surface area contributed by atoms with Gasteiger partial charge in [0.05, 0.1) is 0 Å². The summed E-state index contributed by atoms with van der Waals surface area (Å²) in [5, 5.41) is 1.20. The summed E-state index contributed by atoms with van der Waals surface area (Å²) in [6, 6.07) is 20.8. The van der Waals surface area contributed by atoms with Crippen molar-refractivity contribution in [1.29, 1.82) is 0 Å². The maximum atomic E-state index is 13.2. The van der Waals surface area contributed by atoms with Crippen LogP contribution in [0.2, 0.25) is 0 Å². The zero-order valence-corrected chi connectivity index (χ0v) is 14.5. The molecule has 3 aromatic rings. The summed E-state index contributed by atoms with van der Waals surface area (Å²) < 4.78 is 2.18. The Kier molecular flexibility index (Phi) is 4.55. The van der Waals surface area contributed by atoms with E-state index in [4.69, 9.17) is 0 Å². The first-order chi connectivity index (χ1) is 12.3. The first kappa shape index (κ1) is 15.9. The molecule has 0 radical (unpaired) electrons. The second kappa shape index (κ2) is 7.14. The molecule has 1 fully saturated rings. The Labute approximate surface area is 148 Å². The van der Waals surface area contributed by atoms with E-state index in [1.165, 1.54) is 10.9 Å². The van der Waals surface area contributed by atoms with Gasteiger partial charge in [-0.05, 0) is 48.8 Å². The molecule has 2 aromatic carbocycles. The van der Waals surface area contributed by atoms with Crippen LogP contribution in [0.4, 0.5) is 0 Å². The number of aromatic nitrogens is 1. The van der Waals surface area contributed by atoms with E-state index >= 15 is 0 Å². The molecule has 1 amide bonds. The molecule has 3 nitrogen and oxygen atoms in total. The van der Waals surface area contributed by atoms with Crippen LogP contribution >= 0.6 is 0 Å². The van der Waals surface area contributed by atoms with Crippen molar-refractivity contribution < 1.29 is 4.79 Å². The molecule has 0 bridgehead atoms. The molecule has 0 saturated carbocycles. The highest BCUT2D eigenvalue weighted by molar-refractivity contribution is 5.86. The zero-order chi connectivity index (χ0) is 17.1. The van der Waals surface area contributed by atoms with Gasteiger partial charge in [-0.1, -0.05) is 48.5 Å². The van der Waals surface area contributed by atoms with E-state index < -0.39 is 0 Å². The SMILES string of the molecule is O=C(C(CCc1ccccc1)n1ccc2ccccc21)N1CCCC1. The lowest BCUT2D eigenvalue weighted by atomic mass is 10.0. The number of amides is 1. The smallest absolute Gasteiger partial charge is 0.245 e. The minimum atomic E-state index is -0.127. The van der Waals surface area contributed by atoms with E-state index in [9.17, 15) is 4.79 Å². The molecule has 0 N–H and O–H groups in total. The normalized spacial score (nSPS) is 15.6. The molecule has 0 spiro atoms. The molecule has 128 valence electrons. The highest BCUT2D eigenvalue weighted by atomic mass is 16.2. The van der Waals surface area contributed by atoms with Crippen LogP contribution in [0.1, 0.15) is 30.9 Å². The van der Waals surface area contributed by atoms with Gasteiger partial charge < -0.3 is 9.47 Å². The van der Waals surface area contributed by atoms with Crippen LogP contribution in [0.3, 0.4) is 0 Å². The summed E-state index contributed by atoms with van der Waals surface area (Å²) in [4.78, 5) is 15.3. The van der Waals surface area contributed by atoms with E-state index in [1.54, 1.807) is 0 Å². The molecule has 25 heavy (non-hydrogen) atoms. The highest BCUT2D eigenvalue weighted by Crippen LogP contribution is 2.26. The number of carbonyl (C=O) groups excluding carboxylic acids is 1. The van der Waals surface area contributed by atoms with Crippen LogP contribution in [0.25, 0.3) is 10.9 Å². The third-order valence-electron chi connectivity index (χ3n) is 5.22. The molecule has 1 saturated heterocycles. The van der Waals surface area contributed by atoms with Crippen molar-refractivity contribution in [2.45, 2.75) is 31.7 Å². The molecule has 4 rings (SSSR count). The summed E-state index contributed by atoms with van der Waals surface area (Å²) in [7, 11) is 0. The molecular weight excluding hydrogens is 308 g/mol. The number of rotatable bonds is 5. The Hall–Kier alpha value is -2.55. The minimum Gasteiger partial charge on any atom is -0.341 e. The van der Waals surface area contributed by atoms with Gasteiger partial charge in [0.1, 0.15) is 6.04 Å². The fraction of sp³-hybridized carbons (Fsp3) is 0.318. The van der Waals surface area contributed by atoms with Gasteiger partial charge in [-0.15, -0.1) is 0 Å². The van der Waals surface area contributed by atoms with Gasteiger partial charge in [0.2, 0.25) is 5.91 Å². The summed E-state index contributed by atoms with van der Waals surface area (Å²) >= 11 is 0. The van der Waals surface area contributed by atoms with Crippen molar-refractivity contribution in [1.82, 2.24) is 9.47 Å². The average Bonchev–Trinajstić information content (AvgIpc) is 3.33. The van der Waals surface area contributed by atoms with Gasteiger partial charge in [-0.2, -0.15) is 0 Å². The first-order valence-electron chi connectivity index (χ1n) is 9.21. The monoisotopic (exact) mass is 332 g/mol. The Morgan fingerprint density at radius 2 is 1.64 bits per heavy atom. The van der Waals surface area contributed by atoms with Gasteiger partial charge in [-0.3, -0.25) is 4.79 Å². The lowest BCUT2D eigenvalue weighted by Gasteiger charge is -2.25. The van der Waals surface area contributed by atoms with Crippen LogP contribution < -0.4 is 0 Å². The molecule has 0 aliphatic carbocycles. The number of aryl methyl sites for hydroxylation is 1. The van der Waals surface area contributed by atoms with Gasteiger partial charge >= 0.3 is 0 Å². The number of carbonyl (C=O) groups is 1. The number of likely N-dealkylation sites (tertiary alicyclic amines) is 1. The summed E-state index contributed by atoms with van der Waals surface area (Å²) in [6.07, 6.45) is 6.08. The van der Waals surface area contributed by atoms with Crippen LogP contribution in [-0.4, -0.2) is 28.5 Å². The quantitative estimate of drug-likeness (QED) is 0.678. The fourth-order valence-electron chi connectivity index (χ4n) is 3.85. The van der Waals surface area contributed by atoms with Crippen LogP contribution in [0, 0.1) is 0 Å². The lowest BCUT2D eigenvalue weighted by Crippen LogP contribution is -2.35. The maximum absolute atomic E-state index is 13.2. The Morgan fingerprint density at radius 1 is 0.920 bits per heavy atom. The van der Waals surface area contributed by atoms with Crippen molar-refractivity contribution >= 4 is 16.8 Å². The number of nitrogens with zero attached hydrogens (tertiary/aromatic N) is 2. The number of benzene rings is 2. The van der Waals surface area contributed by atoms with Crippen LogP contribution in [0.15, 0.2) is 66.9 Å². The van der Waals surface area contributed by atoms with E-state index in [0.717, 1.165) is 44.3 Å². The topological polar surface area (TPSA) is 25.2 Å². The van der Waals surface area contributed by atoms with Crippen molar-refractivity contribution in [2.24, 2.45) is 0 Å². The molecule has 1 unspecified atom stereocenters. The van der Waals surface area contributed by atoms with Gasteiger partial charge in [0.15, 0.2) is 0 Å². The third-order valence-corrected chi connectivity index (χ3v) is 5.22.